The summed E-state index contributed by atoms with van der Waals surface area (Å²) in [4.78, 5) is 14.2. The van der Waals surface area contributed by atoms with Crippen molar-refractivity contribution in [2.24, 2.45) is 0 Å². The van der Waals surface area contributed by atoms with Gasteiger partial charge in [0.1, 0.15) is 6.61 Å². The van der Waals surface area contributed by atoms with Crippen molar-refractivity contribution in [2.75, 3.05) is 25.7 Å². The molecular weight excluding hydrogens is 270 g/mol. The number of carbonyl (C=O) groups excluding carboxylic acids is 1. The number of hydrogen-bond donors (Lipinski definition) is 1. The van der Waals surface area contributed by atoms with Gasteiger partial charge in [0.15, 0.2) is 0 Å². The summed E-state index contributed by atoms with van der Waals surface area (Å²) in [7, 11) is 1.83. The zero-order chi connectivity index (χ0) is 15.0. The van der Waals surface area contributed by atoms with Crippen LogP contribution < -0.4 is 0 Å². The third kappa shape index (κ3) is 4.92. The molecule has 1 amide bonds. The van der Waals surface area contributed by atoms with Crippen LogP contribution >= 0.6 is 11.8 Å². The minimum Gasteiger partial charge on any atom is -0.384 e. The van der Waals surface area contributed by atoms with Crippen LogP contribution in [0.2, 0.25) is 0 Å². The molecule has 0 heterocycles. The van der Waals surface area contributed by atoms with Gasteiger partial charge >= 0.3 is 0 Å². The lowest BCUT2D eigenvalue weighted by Crippen LogP contribution is -2.35. The van der Waals surface area contributed by atoms with Crippen molar-refractivity contribution in [3.05, 3.63) is 35.4 Å². The first kappa shape index (κ1) is 16.6. The highest BCUT2D eigenvalue weighted by Gasteiger charge is 2.17. The molecule has 0 aliphatic rings. The Kier molecular flexibility index (Phi) is 7.21. The molecular formula is C16H21NO2S. The Morgan fingerprint density at radius 2 is 2.25 bits per heavy atom. The normalized spacial score (nSPS) is 11.4. The van der Waals surface area contributed by atoms with E-state index in [1.807, 2.05) is 19.2 Å². The van der Waals surface area contributed by atoms with Gasteiger partial charge in [-0.25, -0.2) is 0 Å². The Hall–Kier alpha value is -1.44. The number of hydrogen-bond acceptors (Lipinski definition) is 3. The molecule has 4 heteroatoms. The van der Waals surface area contributed by atoms with E-state index in [9.17, 15) is 4.79 Å². The van der Waals surface area contributed by atoms with Crippen LogP contribution in [0.4, 0.5) is 0 Å². The molecule has 0 radical (unpaired) electrons. The van der Waals surface area contributed by atoms with Gasteiger partial charge in [-0.05, 0) is 43.6 Å². The Bertz CT molecular complexity index is 505. The smallest absolute Gasteiger partial charge is 0.253 e. The van der Waals surface area contributed by atoms with E-state index < -0.39 is 0 Å². The van der Waals surface area contributed by atoms with E-state index in [0.29, 0.717) is 5.56 Å². The van der Waals surface area contributed by atoms with Crippen molar-refractivity contribution in [2.45, 2.75) is 19.4 Å². The van der Waals surface area contributed by atoms with E-state index in [0.717, 1.165) is 17.7 Å². The molecule has 0 bridgehead atoms. The van der Waals surface area contributed by atoms with Crippen LogP contribution in [0, 0.1) is 11.8 Å². The number of carbonyl (C=O) groups is 1. The second-order valence-corrected chi connectivity index (χ2v) is 5.57. The second kappa shape index (κ2) is 8.68. The van der Waals surface area contributed by atoms with Crippen LogP contribution in [0.3, 0.4) is 0 Å². The molecule has 0 aliphatic heterocycles. The molecule has 0 spiro atoms. The summed E-state index contributed by atoms with van der Waals surface area (Å²) in [5, 5.41) is 8.70. The SMILES string of the molecule is CSCCC(C)N(C)C(=O)c1cccc(C#CCO)c1. The van der Waals surface area contributed by atoms with Crippen molar-refractivity contribution in [1.29, 1.82) is 0 Å². The number of thioether (sulfide) groups is 1. The van der Waals surface area contributed by atoms with Gasteiger partial charge in [-0.3, -0.25) is 4.79 Å². The van der Waals surface area contributed by atoms with Crippen molar-refractivity contribution in [1.82, 2.24) is 4.90 Å². The lowest BCUT2D eigenvalue weighted by Gasteiger charge is -2.25. The quantitative estimate of drug-likeness (QED) is 0.846. The summed E-state index contributed by atoms with van der Waals surface area (Å²) in [5.41, 5.74) is 1.38. The van der Waals surface area contributed by atoms with Crippen LogP contribution in [-0.4, -0.2) is 47.6 Å². The van der Waals surface area contributed by atoms with Crippen molar-refractivity contribution in [3.63, 3.8) is 0 Å². The highest BCUT2D eigenvalue weighted by Crippen LogP contribution is 2.12. The average molecular weight is 291 g/mol. The van der Waals surface area contributed by atoms with Crippen LogP contribution in [0.1, 0.15) is 29.3 Å². The van der Waals surface area contributed by atoms with E-state index in [4.69, 9.17) is 5.11 Å². The number of aliphatic hydroxyl groups excluding tert-OH is 1. The second-order valence-electron chi connectivity index (χ2n) is 4.59. The first-order valence-electron chi connectivity index (χ1n) is 6.56. The van der Waals surface area contributed by atoms with Gasteiger partial charge in [-0.1, -0.05) is 17.9 Å². The topological polar surface area (TPSA) is 40.5 Å². The van der Waals surface area contributed by atoms with Crippen LogP contribution in [0.15, 0.2) is 24.3 Å². The van der Waals surface area contributed by atoms with Crippen molar-refractivity contribution in [3.8, 4) is 11.8 Å². The van der Waals surface area contributed by atoms with E-state index >= 15 is 0 Å². The largest absolute Gasteiger partial charge is 0.384 e. The third-order valence-corrected chi connectivity index (χ3v) is 3.79. The number of benzene rings is 1. The maximum atomic E-state index is 12.4. The molecule has 0 saturated carbocycles. The number of aliphatic hydroxyl groups is 1. The summed E-state index contributed by atoms with van der Waals surface area (Å²) >= 11 is 1.79. The van der Waals surface area contributed by atoms with E-state index in [1.165, 1.54) is 0 Å². The highest BCUT2D eigenvalue weighted by molar-refractivity contribution is 7.98. The summed E-state index contributed by atoms with van der Waals surface area (Å²) in [6, 6.07) is 7.42. The summed E-state index contributed by atoms with van der Waals surface area (Å²) < 4.78 is 0. The minimum absolute atomic E-state index is 0.00579. The summed E-state index contributed by atoms with van der Waals surface area (Å²) in [5.74, 6) is 6.45. The first-order chi connectivity index (χ1) is 9.60. The van der Waals surface area contributed by atoms with Gasteiger partial charge in [0.2, 0.25) is 0 Å². The summed E-state index contributed by atoms with van der Waals surface area (Å²) in [6.07, 6.45) is 3.05. The van der Waals surface area contributed by atoms with E-state index in [-0.39, 0.29) is 18.6 Å². The zero-order valence-corrected chi connectivity index (χ0v) is 13.0. The fraction of sp³-hybridized carbons (Fsp3) is 0.438. The van der Waals surface area contributed by atoms with Crippen LogP contribution in [0.5, 0.6) is 0 Å². The maximum absolute atomic E-state index is 12.4. The third-order valence-electron chi connectivity index (χ3n) is 3.14. The molecule has 0 aromatic heterocycles. The zero-order valence-electron chi connectivity index (χ0n) is 12.2. The Morgan fingerprint density at radius 3 is 2.90 bits per heavy atom. The number of nitrogens with zero attached hydrogens (tertiary/aromatic N) is 1. The molecule has 1 rings (SSSR count). The molecule has 3 nitrogen and oxygen atoms in total. The lowest BCUT2D eigenvalue weighted by atomic mass is 10.1. The number of amides is 1. The number of rotatable bonds is 5. The van der Waals surface area contributed by atoms with Gasteiger partial charge in [-0.15, -0.1) is 0 Å². The molecule has 1 aromatic carbocycles. The molecule has 1 aromatic rings. The maximum Gasteiger partial charge on any atom is 0.253 e. The molecule has 0 fully saturated rings. The lowest BCUT2D eigenvalue weighted by molar-refractivity contribution is 0.0741. The predicted octanol–water partition coefficient (Wildman–Crippen LogP) is 2.24. The molecule has 0 saturated heterocycles. The Balaban J connectivity index is 2.80. The molecule has 1 N–H and O–H groups in total. The van der Waals surface area contributed by atoms with Gasteiger partial charge in [0, 0.05) is 24.2 Å². The van der Waals surface area contributed by atoms with Crippen molar-refractivity contribution >= 4 is 17.7 Å². The Morgan fingerprint density at radius 1 is 1.50 bits per heavy atom. The fourth-order valence-electron chi connectivity index (χ4n) is 1.76. The van der Waals surface area contributed by atoms with Gasteiger partial charge < -0.3 is 10.0 Å². The van der Waals surface area contributed by atoms with E-state index in [2.05, 4.69) is 25.0 Å². The molecule has 0 aliphatic carbocycles. The highest BCUT2D eigenvalue weighted by atomic mass is 32.2. The predicted molar refractivity (Wildman–Crippen MR) is 85.0 cm³/mol. The Labute approximate surface area is 125 Å². The van der Waals surface area contributed by atoms with Crippen LogP contribution in [-0.2, 0) is 0 Å². The average Bonchev–Trinajstić information content (AvgIpc) is 2.49. The monoisotopic (exact) mass is 291 g/mol. The molecule has 108 valence electrons. The van der Waals surface area contributed by atoms with Gasteiger partial charge in [-0.2, -0.15) is 11.8 Å². The summed E-state index contributed by atoms with van der Waals surface area (Å²) in [6.45, 7) is 1.88. The van der Waals surface area contributed by atoms with Gasteiger partial charge in [0.25, 0.3) is 5.91 Å². The molecule has 1 unspecified atom stereocenters. The van der Waals surface area contributed by atoms with E-state index in [1.54, 1.807) is 28.8 Å². The minimum atomic E-state index is -0.177. The van der Waals surface area contributed by atoms with Crippen LogP contribution in [0.25, 0.3) is 0 Å². The molecule has 1 atom stereocenters. The first-order valence-corrected chi connectivity index (χ1v) is 7.95. The van der Waals surface area contributed by atoms with Crippen molar-refractivity contribution < 1.29 is 9.90 Å². The molecule has 20 heavy (non-hydrogen) atoms. The van der Waals surface area contributed by atoms with Gasteiger partial charge in [0.05, 0.1) is 0 Å². The fourth-order valence-corrected chi connectivity index (χ4v) is 2.33. The standard InChI is InChI=1S/C16H21NO2S/c1-13(9-11-20-3)17(2)16(19)15-8-4-6-14(12-15)7-5-10-18/h4,6,8,12-13,18H,9-11H2,1-3H3.